The van der Waals surface area contributed by atoms with Crippen molar-refractivity contribution in [3.63, 3.8) is 0 Å². The third-order valence-corrected chi connectivity index (χ3v) is 4.09. The van der Waals surface area contributed by atoms with E-state index in [2.05, 4.69) is 59.7 Å². The highest BCUT2D eigenvalue weighted by molar-refractivity contribution is 5.79. The van der Waals surface area contributed by atoms with Gasteiger partial charge in [0.15, 0.2) is 5.96 Å². The number of hydrogen-bond donors (Lipinski definition) is 2. The maximum Gasteiger partial charge on any atom is 0.191 e. The fourth-order valence-electron chi connectivity index (χ4n) is 2.50. The molecule has 0 aliphatic rings. The van der Waals surface area contributed by atoms with Crippen LogP contribution >= 0.6 is 0 Å². The number of aryl methyl sites for hydroxylation is 1. The van der Waals surface area contributed by atoms with Crippen molar-refractivity contribution in [3.8, 4) is 0 Å². The van der Waals surface area contributed by atoms with Crippen LogP contribution in [0.25, 0.3) is 0 Å². The number of furan rings is 1. The maximum absolute atomic E-state index is 5.57. The maximum atomic E-state index is 5.57. The Morgan fingerprint density at radius 2 is 2.08 bits per heavy atom. The summed E-state index contributed by atoms with van der Waals surface area (Å²) in [6.45, 7) is 4.87. The zero-order chi connectivity index (χ0) is 18.8. The molecule has 1 aromatic carbocycles. The number of nitrogens with zero attached hydrogens (tertiary/aromatic N) is 2. The fourth-order valence-corrected chi connectivity index (χ4v) is 2.50. The van der Waals surface area contributed by atoms with Gasteiger partial charge in [0.1, 0.15) is 12.4 Å². The summed E-state index contributed by atoms with van der Waals surface area (Å²) in [7, 11) is 5.89. The second-order valence-electron chi connectivity index (χ2n) is 6.34. The highest BCUT2D eigenvalue weighted by Gasteiger charge is 2.03. The predicted molar refractivity (Wildman–Crippen MR) is 107 cm³/mol. The lowest BCUT2D eigenvalue weighted by Crippen LogP contribution is -2.37. The normalized spacial score (nSPS) is 11.5. The molecule has 2 aromatic rings. The molecule has 0 amide bonds. The molecule has 26 heavy (non-hydrogen) atoms. The molecule has 0 saturated carbocycles. The minimum Gasteiger partial charge on any atom is -0.467 e. The second-order valence-corrected chi connectivity index (χ2v) is 6.34. The van der Waals surface area contributed by atoms with Gasteiger partial charge in [-0.2, -0.15) is 0 Å². The van der Waals surface area contributed by atoms with E-state index in [0.29, 0.717) is 13.2 Å². The topological polar surface area (TPSA) is 62.0 Å². The van der Waals surface area contributed by atoms with Gasteiger partial charge in [0.2, 0.25) is 0 Å². The number of anilines is 1. The summed E-state index contributed by atoms with van der Waals surface area (Å²) in [5.74, 6) is 1.65. The molecule has 0 aliphatic heterocycles. The molecule has 0 atom stereocenters. The summed E-state index contributed by atoms with van der Waals surface area (Å²) in [5.41, 5.74) is 3.74. The minimum absolute atomic E-state index is 0.516. The molecule has 6 nitrogen and oxygen atoms in total. The fraction of sp³-hybridized carbons (Fsp3) is 0.450. The quantitative estimate of drug-likeness (QED) is 0.410. The van der Waals surface area contributed by atoms with Crippen LogP contribution < -0.4 is 15.5 Å². The Morgan fingerprint density at radius 3 is 2.73 bits per heavy atom. The van der Waals surface area contributed by atoms with Gasteiger partial charge >= 0.3 is 0 Å². The zero-order valence-corrected chi connectivity index (χ0v) is 16.2. The molecule has 0 aliphatic carbocycles. The molecule has 0 radical (unpaired) electrons. The molecule has 0 saturated heterocycles. The van der Waals surface area contributed by atoms with E-state index in [4.69, 9.17) is 9.15 Å². The first-order valence-corrected chi connectivity index (χ1v) is 8.91. The number of benzene rings is 1. The van der Waals surface area contributed by atoms with Gasteiger partial charge in [-0.1, -0.05) is 6.07 Å². The Kier molecular flexibility index (Phi) is 8.02. The molecular formula is C20H30N4O2. The highest BCUT2D eigenvalue weighted by Crippen LogP contribution is 2.17. The molecule has 1 heterocycles. The molecule has 6 heteroatoms. The van der Waals surface area contributed by atoms with Crippen molar-refractivity contribution in [2.75, 3.05) is 39.2 Å². The van der Waals surface area contributed by atoms with E-state index in [9.17, 15) is 0 Å². The highest BCUT2D eigenvalue weighted by atomic mass is 16.5. The lowest BCUT2D eigenvalue weighted by molar-refractivity contribution is 0.105. The van der Waals surface area contributed by atoms with Crippen LogP contribution in [0.3, 0.4) is 0 Å². The molecule has 0 bridgehead atoms. The number of nitrogens with one attached hydrogen (secondary N) is 2. The van der Waals surface area contributed by atoms with Crippen molar-refractivity contribution in [3.05, 3.63) is 53.5 Å². The summed E-state index contributed by atoms with van der Waals surface area (Å²) >= 11 is 0. The van der Waals surface area contributed by atoms with Crippen molar-refractivity contribution in [2.45, 2.75) is 26.5 Å². The minimum atomic E-state index is 0.516. The number of ether oxygens (including phenoxy) is 1. The molecule has 142 valence electrons. The number of rotatable bonds is 9. The van der Waals surface area contributed by atoms with Gasteiger partial charge in [0.05, 0.1) is 6.26 Å². The first-order valence-electron chi connectivity index (χ1n) is 8.91. The van der Waals surface area contributed by atoms with Crippen LogP contribution in [0.5, 0.6) is 0 Å². The number of guanidine groups is 1. The van der Waals surface area contributed by atoms with Crippen LogP contribution in [0.1, 0.15) is 23.3 Å². The van der Waals surface area contributed by atoms with E-state index >= 15 is 0 Å². The summed E-state index contributed by atoms with van der Waals surface area (Å²) in [5, 5.41) is 6.67. The Bertz CT molecular complexity index is 681. The second kappa shape index (κ2) is 10.5. The first-order chi connectivity index (χ1) is 12.6. The van der Waals surface area contributed by atoms with Crippen molar-refractivity contribution in [1.82, 2.24) is 10.6 Å². The van der Waals surface area contributed by atoms with Gasteiger partial charge in [0, 0.05) is 46.5 Å². The van der Waals surface area contributed by atoms with E-state index < -0.39 is 0 Å². The Labute approximate surface area is 156 Å². The lowest BCUT2D eigenvalue weighted by atomic mass is 10.1. The van der Waals surface area contributed by atoms with Crippen LogP contribution in [-0.4, -0.2) is 40.3 Å². The van der Waals surface area contributed by atoms with Gasteiger partial charge in [-0.25, -0.2) is 0 Å². The number of aliphatic imine (C=N–C) groups is 1. The summed E-state index contributed by atoms with van der Waals surface area (Å²) in [6, 6.07) is 10.3. The lowest BCUT2D eigenvalue weighted by Gasteiger charge is -2.16. The van der Waals surface area contributed by atoms with Crippen molar-refractivity contribution in [1.29, 1.82) is 0 Å². The predicted octanol–water partition coefficient (Wildman–Crippen LogP) is 2.93. The Balaban J connectivity index is 1.66. The molecule has 1 aromatic heterocycles. The largest absolute Gasteiger partial charge is 0.467 e. The SMILES string of the molecule is CN=C(NCCCOCc1ccco1)NCc1ccc(N(C)C)cc1C. The van der Waals surface area contributed by atoms with Crippen molar-refractivity contribution < 1.29 is 9.15 Å². The molecule has 2 rings (SSSR count). The summed E-state index contributed by atoms with van der Waals surface area (Å²) in [4.78, 5) is 6.38. The summed E-state index contributed by atoms with van der Waals surface area (Å²) in [6.07, 6.45) is 2.56. The van der Waals surface area contributed by atoms with Crippen LogP contribution in [0.4, 0.5) is 5.69 Å². The molecule has 0 spiro atoms. The smallest absolute Gasteiger partial charge is 0.191 e. The molecule has 0 unspecified atom stereocenters. The third-order valence-electron chi connectivity index (χ3n) is 4.09. The van der Waals surface area contributed by atoms with Crippen molar-refractivity contribution in [2.24, 2.45) is 4.99 Å². The van der Waals surface area contributed by atoms with Crippen molar-refractivity contribution >= 4 is 11.6 Å². The van der Waals surface area contributed by atoms with E-state index in [-0.39, 0.29) is 0 Å². The standard InChI is InChI=1S/C20H30N4O2/c1-16-13-18(24(3)4)9-8-17(16)14-23-20(21-2)22-10-6-11-25-15-19-7-5-12-26-19/h5,7-9,12-13H,6,10-11,14-15H2,1-4H3,(H2,21,22,23). The Morgan fingerprint density at radius 1 is 1.23 bits per heavy atom. The van der Waals surface area contributed by atoms with Crippen LogP contribution in [0, 0.1) is 6.92 Å². The Hall–Kier alpha value is -2.47. The monoisotopic (exact) mass is 358 g/mol. The van der Waals surface area contributed by atoms with Gasteiger partial charge in [-0.15, -0.1) is 0 Å². The average Bonchev–Trinajstić information content (AvgIpc) is 3.14. The van der Waals surface area contributed by atoms with E-state index in [1.807, 2.05) is 12.1 Å². The molecule has 2 N–H and O–H groups in total. The van der Waals surface area contributed by atoms with Crippen LogP contribution in [-0.2, 0) is 17.9 Å². The van der Waals surface area contributed by atoms with Gasteiger partial charge in [-0.05, 0) is 48.7 Å². The van der Waals surface area contributed by atoms with E-state index in [1.165, 1.54) is 16.8 Å². The van der Waals surface area contributed by atoms with E-state index in [0.717, 1.165) is 31.2 Å². The van der Waals surface area contributed by atoms with Gasteiger partial charge < -0.3 is 24.7 Å². The molecular weight excluding hydrogens is 328 g/mol. The van der Waals surface area contributed by atoms with Gasteiger partial charge in [-0.3, -0.25) is 4.99 Å². The zero-order valence-electron chi connectivity index (χ0n) is 16.2. The first kappa shape index (κ1) is 19.8. The summed E-state index contributed by atoms with van der Waals surface area (Å²) < 4.78 is 10.8. The van der Waals surface area contributed by atoms with Crippen LogP contribution in [0.2, 0.25) is 0 Å². The van der Waals surface area contributed by atoms with Gasteiger partial charge in [0.25, 0.3) is 0 Å². The average molecular weight is 358 g/mol. The third kappa shape index (κ3) is 6.44. The van der Waals surface area contributed by atoms with E-state index in [1.54, 1.807) is 13.3 Å². The molecule has 0 fully saturated rings. The van der Waals surface area contributed by atoms with Crippen LogP contribution in [0.15, 0.2) is 46.0 Å². The number of hydrogen-bond acceptors (Lipinski definition) is 4.